The number of nitrogens with zero attached hydrogens (tertiary/aromatic N) is 1. The molecule has 1 aliphatic rings. The highest BCUT2D eigenvalue weighted by Crippen LogP contribution is 2.64. The predicted molar refractivity (Wildman–Crippen MR) is 54.0 cm³/mol. The number of hydrogen-bond donors (Lipinski definition) is 1. The van der Waals surface area contributed by atoms with E-state index in [1.807, 2.05) is 0 Å². The smallest absolute Gasteiger partial charge is 0.274 e. The van der Waals surface area contributed by atoms with Crippen molar-refractivity contribution < 1.29 is 22.0 Å². The monoisotopic (exact) mass is 268 g/mol. The molecular formula is C9H6F5N2P. The van der Waals surface area contributed by atoms with E-state index in [1.54, 1.807) is 6.07 Å². The number of halogens is 5. The Morgan fingerprint density at radius 1 is 1.12 bits per heavy atom. The lowest BCUT2D eigenvalue weighted by Gasteiger charge is -2.21. The van der Waals surface area contributed by atoms with Crippen LogP contribution in [-0.2, 0) is 0 Å². The molecule has 0 fully saturated rings. The second kappa shape index (κ2) is 3.91. The van der Waals surface area contributed by atoms with Gasteiger partial charge in [0.15, 0.2) is 0 Å². The molecule has 0 aromatic heterocycles. The first-order valence-electron chi connectivity index (χ1n) is 4.47. The van der Waals surface area contributed by atoms with E-state index >= 15 is 0 Å². The van der Waals surface area contributed by atoms with Crippen LogP contribution in [0.15, 0.2) is 35.4 Å². The van der Waals surface area contributed by atoms with Crippen molar-refractivity contribution in [3.63, 3.8) is 0 Å². The van der Waals surface area contributed by atoms with Crippen LogP contribution in [0, 0.1) is 0 Å². The Balaban J connectivity index is 2.35. The topological polar surface area (TPSA) is 24.4 Å². The molecule has 8 heteroatoms. The summed E-state index contributed by atoms with van der Waals surface area (Å²) >= 11 is 0. The number of hydrazone groups is 1. The lowest BCUT2D eigenvalue weighted by atomic mass is 10.1. The fourth-order valence-corrected chi connectivity index (χ4v) is 2.53. The third-order valence-electron chi connectivity index (χ3n) is 2.13. The molecule has 92 valence electrons. The summed E-state index contributed by atoms with van der Waals surface area (Å²) in [5.74, 6) is -4.99. The molecule has 0 aliphatic carbocycles. The number of nitrogens with one attached hydrogen (secondary N) is 1. The van der Waals surface area contributed by atoms with Crippen LogP contribution in [0.4, 0.5) is 22.0 Å². The number of alkyl halides is 5. The van der Waals surface area contributed by atoms with Crippen molar-refractivity contribution in [2.45, 2.75) is 11.6 Å². The molecule has 1 N–H and O–H groups in total. The predicted octanol–water partition coefficient (Wildman–Crippen LogP) is 3.50. The molecule has 0 amide bonds. The maximum Gasteiger partial charge on any atom is 0.431 e. The highest BCUT2D eigenvalue weighted by atomic mass is 31.1. The van der Waals surface area contributed by atoms with Gasteiger partial charge in [0, 0.05) is 5.56 Å². The minimum Gasteiger partial charge on any atom is -0.274 e. The van der Waals surface area contributed by atoms with Gasteiger partial charge in [-0.1, -0.05) is 30.3 Å². The van der Waals surface area contributed by atoms with Gasteiger partial charge in [-0.3, -0.25) is 5.20 Å². The molecule has 2 nitrogen and oxygen atoms in total. The van der Waals surface area contributed by atoms with Crippen LogP contribution in [0.2, 0.25) is 0 Å². The largest absolute Gasteiger partial charge is 0.431 e. The van der Waals surface area contributed by atoms with Gasteiger partial charge >= 0.3 is 11.6 Å². The second-order valence-corrected chi connectivity index (χ2v) is 5.21. The Hall–Kier alpha value is -1.23. The first kappa shape index (κ1) is 12.2. The Labute approximate surface area is 94.3 Å². The van der Waals surface area contributed by atoms with Gasteiger partial charge in [-0.05, 0) is 0 Å². The van der Waals surface area contributed by atoms with Gasteiger partial charge < -0.3 is 0 Å². The fourth-order valence-electron chi connectivity index (χ4n) is 1.39. The minimum atomic E-state index is -4.99. The number of rotatable bonds is 1. The zero-order valence-electron chi connectivity index (χ0n) is 8.17. The molecule has 1 aromatic rings. The van der Waals surface area contributed by atoms with Crippen molar-refractivity contribution in [2.75, 3.05) is 0 Å². The SMILES string of the molecule is FC(F)(F)P1NN=C(c2ccccc2)C1(F)F. The summed E-state index contributed by atoms with van der Waals surface area (Å²) in [6.45, 7) is 0. The van der Waals surface area contributed by atoms with Gasteiger partial charge in [0.05, 0.1) is 0 Å². The summed E-state index contributed by atoms with van der Waals surface area (Å²) in [6, 6.07) is 7.09. The Morgan fingerprint density at radius 2 is 1.71 bits per heavy atom. The third kappa shape index (κ3) is 2.11. The van der Waals surface area contributed by atoms with Crippen LogP contribution in [0.1, 0.15) is 5.56 Å². The molecule has 1 heterocycles. The molecule has 0 bridgehead atoms. The van der Waals surface area contributed by atoms with Crippen molar-refractivity contribution in [1.82, 2.24) is 5.20 Å². The summed E-state index contributed by atoms with van der Waals surface area (Å²) in [4.78, 5) is 0. The van der Waals surface area contributed by atoms with Crippen molar-refractivity contribution in [2.24, 2.45) is 5.10 Å². The Bertz CT molecular complexity index is 442. The summed E-state index contributed by atoms with van der Waals surface area (Å²) in [6.07, 6.45) is 0. The van der Waals surface area contributed by atoms with Gasteiger partial charge in [0.2, 0.25) is 8.07 Å². The van der Waals surface area contributed by atoms with E-state index in [0.717, 1.165) is 0 Å². The van der Waals surface area contributed by atoms with E-state index in [9.17, 15) is 22.0 Å². The molecule has 0 saturated heterocycles. The van der Waals surface area contributed by atoms with Gasteiger partial charge in [-0.25, -0.2) is 0 Å². The molecule has 0 radical (unpaired) electrons. The molecule has 0 spiro atoms. The van der Waals surface area contributed by atoms with Crippen molar-refractivity contribution in [1.29, 1.82) is 0 Å². The van der Waals surface area contributed by atoms with Crippen LogP contribution in [-0.4, -0.2) is 17.3 Å². The maximum atomic E-state index is 13.6. The maximum absolute atomic E-state index is 13.6. The van der Waals surface area contributed by atoms with Crippen LogP contribution < -0.4 is 5.20 Å². The summed E-state index contributed by atoms with van der Waals surface area (Å²) in [5, 5.41) is 4.65. The van der Waals surface area contributed by atoms with Crippen molar-refractivity contribution in [3.05, 3.63) is 35.9 Å². The molecule has 1 atom stereocenters. The average Bonchev–Trinajstić information content (AvgIpc) is 2.54. The fraction of sp³-hybridized carbons (Fsp3) is 0.222. The van der Waals surface area contributed by atoms with Crippen molar-refractivity contribution >= 4 is 13.8 Å². The van der Waals surface area contributed by atoms with E-state index < -0.39 is 25.4 Å². The molecule has 17 heavy (non-hydrogen) atoms. The van der Waals surface area contributed by atoms with E-state index in [2.05, 4.69) is 5.10 Å². The molecule has 2 rings (SSSR count). The van der Waals surface area contributed by atoms with Crippen LogP contribution in [0.5, 0.6) is 0 Å². The molecule has 1 aliphatic heterocycles. The standard InChI is InChI=1S/C9H6F5N2P/c10-8(11)7(6-4-2-1-3-5-6)15-16-17(8)9(12,13)14/h1-5,16H. The minimum absolute atomic E-state index is 0.0146. The van der Waals surface area contributed by atoms with Crippen LogP contribution in [0.25, 0.3) is 0 Å². The van der Waals surface area contributed by atoms with Crippen molar-refractivity contribution in [3.8, 4) is 0 Å². The van der Waals surface area contributed by atoms with Gasteiger partial charge in [-0.15, -0.1) is 0 Å². The van der Waals surface area contributed by atoms with E-state index in [0.29, 0.717) is 0 Å². The first-order chi connectivity index (χ1) is 7.83. The van der Waals surface area contributed by atoms with E-state index in [-0.39, 0.29) is 5.56 Å². The van der Waals surface area contributed by atoms with Gasteiger partial charge in [0.1, 0.15) is 5.71 Å². The number of benzene rings is 1. The highest BCUT2D eigenvalue weighted by Gasteiger charge is 2.62. The van der Waals surface area contributed by atoms with Gasteiger partial charge in [0.25, 0.3) is 0 Å². The normalized spacial score (nSPS) is 23.1. The zero-order chi connectivity index (χ0) is 12.7. The quantitative estimate of drug-likeness (QED) is 0.611. The summed E-state index contributed by atoms with van der Waals surface area (Å²) < 4.78 is 64.2. The average molecular weight is 268 g/mol. The zero-order valence-corrected chi connectivity index (χ0v) is 9.07. The molecule has 0 saturated carbocycles. The van der Waals surface area contributed by atoms with Crippen LogP contribution >= 0.6 is 8.07 Å². The second-order valence-electron chi connectivity index (χ2n) is 3.27. The first-order valence-corrected chi connectivity index (χ1v) is 5.82. The highest BCUT2D eigenvalue weighted by molar-refractivity contribution is 7.59. The van der Waals surface area contributed by atoms with E-state index in [1.165, 1.54) is 29.5 Å². The van der Waals surface area contributed by atoms with E-state index in [4.69, 9.17) is 0 Å². The summed E-state index contributed by atoms with van der Waals surface area (Å²) in [7, 11) is -3.68. The van der Waals surface area contributed by atoms with Gasteiger partial charge in [-0.2, -0.15) is 27.1 Å². The lowest BCUT2D eigenvalue weighted by Crippen LogP contribution is -2.29. The lowest BCUT2D eigenvalue weighted by molar-refractivity contribution is -0.0478. The Kier molecular flexibility index (Phi) is 2.81. The van der Waals surface area contributed by atoms with Crippen LogP contribution in [0.3, 0.4) is 0 Å². The third-order valence-corrected chi connectivity index (χ3v) is 3.71. The molecule has 1 aromatic carbocycles. The summed E-state index contributed by atoms with van der Waals surface area (Å²) in [5.41, 5.74) is -4.88. The number of hydrogen-bond acceptors (Lipinski definition) is 2. The molecule has 1 unspecified atom stereocenters. The molecular weight excluding hydrogens is 262 g/mol. The Morgan fingerprint density at radius 3 is 2.18 bits per heavy atom.